The van der Waals surface area contributed by atoms with Crippen LogP contribution in [0.3, 0.4) is 0 Å². The molecule has 31 heavy (non-hydrogen) atoms. The zero-order valence-electron chi connectivity index (χ0n) is 18.3. The molecule has 3 aromatic rings. The summed E-state index contributed by atoms with van der Waals surface area (Å²) in [6.45, 7) is 6.24. The van der Waals surface area contributed by atoms with Gasteiger partial charge in [0.05, 0.1) is 11.7 Å². The van der Waals surface area contributed by atoms with Gasteiger partial charge in [0, 0.05) is 36.9 Å². The Kier molecular flexibility index (Phi) is 5.59. The number of hydrogen-bond acceptors (Lipinski definition) is 5. The average molecular weight is 418 g/mol. The highest BCUT2D eigenvalue weighted by Gasteiger charge is 2.34. The Balaban J connectivity index is 1.67. The third-order valence-corrected chi connectivity index (χ3v) is 5.85. The zero-order chi connectivity index (χ0) is 22.1. The molecule has 1 N–H and O–H groups in total. The van der Waals surface area contributed by atoms with Crippen molar-refractivity contribution in [3.8, 4) is 0 Å². The minimum absolute atomic E-state index is 0.165. The lowest BCUT2D eigenvalue weighted by atomic mass is 10.1. The predicted octanol–water partition coefficient (Wildman–Crippen LogP) is 3.82. The summed E-state index contributed by atoms with van der Waals surface area (Å²) in [7, 11) is 1.70. The summed E-state index contributed by atoms with van der Waals surface area (Å²) in [5, 5.41) is 3.31. The number of hydrogen-bond donors (Lipinski definition) is 1. The number of aryl methyl sites for hydroxylation is 3. The van der Waals surface area contributed by atoms with E-state index in [-0.39, 0.29) is 23.1 Å². The van der Waals surface area contributed by atoms with Gasteiger partial charge in [-0.25, -0.2) is 4.98 Å². The Bertz CT molecular complexity index is 1190. The second-order valence-electron chi connectivity index (χ2n) is 8.13. The summed E-state index contributed by atoms with van der Waals surface area (Å²) in [4.78, 5) is 37.1. The number of likely N-dealkylation sites (tertiary alicyclic amines) is 1. The monoisotopic (exact) mass is 417 g/mol. The first-order chi connectivity index (χ1) is 14.8. The molecule has 0 spiro atoms. The van der Waals surface area contributed by atoms with E-state index >= 15 is 0 Å². The van der Waals surface area contributed by atoms with Crippen LogP contribution >= 0.6 is 0 Å². The van der Waals surface area contributed by atoms with E-state index in [1.165, 1.54) is 4.57 Å². The van der Waals surface area contributed by atoms with Crippen LogP contribution in [0.1, 0.15) is 51.9 Å². The maximum atomic E-state index is 13.5. The van der Waals surface area contributed by atoms with E-state index in [2.05, 4.69) is 10.3 Å². The van der Waals surface area contributed by atoms with E-state index in [1.807, 2.05) is 57.2 Å². The topological polar surface area (TPSA) is 80.1 Å². The molecule has 1 aliphatic rings. The smallest absolute Gasteiger partial charge is 0.263 e. The molecular formula is C24H27N5O2. The number of carbonyl (C=O) groups is 1. The molecule has 0 unspecified atom stereocenters. The largest absolute Gasteiger partial charge is 0.340 e. The Labute approximate surface area is 181 Å². The van der Waals surface area contributed by atoms with Crippen LogP contribution in [0.4, 0.5) is 11.5 Å². The van der Waals surface area contributed by atoms with Crippen molar-refractivity contribution >= 4 is 17.4 Å². The highest BCUT2D eigenvalue weighted by molar-refractivity contribution is 5.95. The molecule has 1 aliphatic heterocycles. The van der Waals surface area contributed by atoms with Crippen molar-refractivity contribution in [1.82, 2.24) is 19.4 Å². The molecule has 7 heteroatoms. The molecule has 4 heterocycles. The fourth-order valence-corrected chi connectivity index (χ4v) is 4.22. The molecule has 0 aromatic carbocycles. The Morgan fingerprint density at radius 3 is 2.71 bits per heavy atom. The first-order valence-corrected chi connectivity index (χ1v) is 10.5. The van der Waals surface area contributed by atoms with E-state index in [0.717, 1.165) is 41.4 Å². The Morgan fingerprint density at radius 1 is 1.16 bits per heavy atom. The number of pyridine rings is 3. The van der Waals surface area contributed by atoms with Gasteiger partial charge >= 0.3 is 0 Å². The lowest BCUT2D eigenvalue weighted by Crippen LogP contribution is -2.37. The normalized spacial score (nSPS) is 15.9. The summed E-state index contributed by atoms with van der Waals surface area (Å²) in [5.74, 6) is 0.528. The molecule has 160 valence electrons. The van der Waals surface area contributed by atoms with Crippen molar-refractivity contribution in [2.45, 2.75) is 39.7 Å². The number of aromatic nitrogens is 3. The van der Waals surface area contributed by atoms with E-state index < -0.39 is 0 Å². The van der Waals surface area contributed by atoms with Gasteiger partial charge in [0.2, 0.25) is 0 Å². The fraction of sp³-hybridized carbons (Fsp3) is 0.333. The SMILES string of the molecule is Cc1cc(Nc2ccccn2)cc([C@@H]2CCCN2C(=O)c2c(C)cc(C)n(C)c2=O)n1. The minimum Gasteiger partial charge on any atom is -0.340 e. The van der Waals surface area contributed by atoms with Gasteiger partial charge in [-0.1, -0.05) is 6.07 Å². The summed E-state index contributed by atoms with van der Waals surface area (Å²) < 4.78 is 1.53. The second kappa shape index (κ2) is 8.34. The van der Waals surface area contributed by atoms with E-state index in [9.17, 15) is 9.59 Å². The predicted molar refractivity (Wildman–Crippen MR) is 121 cm³/mol. The van der Waals surface area contributed by atoms with Crippen LogP contribution in [0.5, 0.6) is 0 Å². The lowest BCUT2D eigenvalue weighted by Gasteiger charge is -2.26. The molecule has 4 rings (SSSR count). The fourth-order valence-electron chi connectivity index (χ4n) is 4.22. The van der Waals surface area contributed by atoms with Crippen LogP contribution in [-0.2, 0) is 7.05 Å². The summed E-state index contributed by atoms with van der Waals surface area (Å²) in [6.07, 6.45) is 3.43. The van der Waals surface area contributed by atoms with Gasteiger partial charge in [0.25, 0.3) is 11.5 Å². The molecule has 3 aromatic heterocycles. The summed E-state index contributed by atoms with van der Waals surface area (Å²) >= 11 is 0. The number of anilines is 2. The zero-order valence-corrected chi connectivity index (χ0v) is 18.3. The Hall–Kier alpha value is -3.48. The number of nitrogens with one attached hydrogen (secondary N) is 1. The third-order valence-electron chi connectivity index (χ3n) is 5.85. The van der Waals surface area contributed by atoms with Gasteiger partial charge in [-0.05, 0) is 69.5 Å². The second-order valence-corrected chi connectivity index (χ2v) is 8.13. The van der Waals surface area contributed by atoms with Gasteiger partial charge in [-0.2, -0.15) is 0 Å². The van der Waals surface area contributed by atoms with Crippen molar-refractivity contribution in [3.05, 3.63) is 81.2 Å². The maximum Gasteiger partial charge on any atom is 0.263 e. The molecule has 1 amide bonds. The highest BCUT2D eigenvalue weighted by Crippen LogP contribution is 2.34. The molecule has 0 radical (unpaired) electrons. The van der Waals surface area contributed by atoms with E-state index in [4.69, 9.17) is 4.98 Å². The number of carbonyl (C=O) groups excluding carboxylic acids is 1. The van der Waals surface area contributed by atoms with Crippen molar-refractivity contribution in [2.75, 3.05) is 11.9 Å². The minimum atomic E-state index is -0.247. The molecule has 7 nitrogen and oxygen atoms in total. The number of rotatable bonds is 4. The van der Waals surface area contributed by atoms with E-state index in [0.29, 0.717) is 12.1 Å². The summed E-state index contributed by atoms with van der Waals surface area (Å²) in [5.41, 5.74) is 4.11. The first kappa shape index (κ1) is 20.8. The van der Waals surface area contributed by atoms with Crippen LogP contribution < -0.4 is 10.9 Å². The lowest BCUT2D eigenvalue weighted by molar-refractivity contribution is 0.0729. The molecule has 0 saturated carbocycles. The van der Waals surface area contributed by atoms with Crippen LogP contribution in [0.15, 0.2) is 47.4 Å². The van der Waals surface area contributed by atoms with Gasteiger partial charge in [-0.15, -0.1) is 0 Å². The molecule has 1 fully saturated rings. The molecule has 1 atom stereocenters. The van der Waals surface area contributed by atoms with Gasteiger partial charge < -0.3 is 14.8 Å². The van der Waals surface area contributed by atoms with Crippen LogP contribution in [0, 0.1) is 20.8 Å². The number of nitrogens with zero attached hydrogens (tertiary/aromatic N) is 4. The van der Waals surface area contributed by atoms with Crippen molar-refractivity contribution in [3.63, 3.8) is 0 Å². The molecule has 0 aliphatic carbocycles. The van der Waals surface area contributed by atoms with Crippen LogP contribution in [0.25, 0.3) is 0 Å². The van der Waals surface area contributed by atoms with Crippen molar-refractivity contribution < 1.29 is 4.79 Å². The molecule has 0 bridgehead atoms. The Morgan fingerprint density at radius 2 is 1.97 bits per heavy atom. The molecule has 1 saturated heterocycles. The molecular weight excluding hydrogens is 390 g/mol. The quantitative estimate of drug-likeness (QED) is 0.698. The van der Waals surface area contributed by atoms with Crippen molar-refractivity contribution in [2.24, 2.45) is 7.05 Å². The maximum absolute atomic E-state index is 13.5. The standard InChI is InChI=1S/C24H27N5O2/c1-15-12-17(3)28(4)23(30)22(15)24(31)29-11-7-8-20(29)19-14-18(13-16(2)26-19)27-21-9-5-6-10-25-21/h5-6,9-10,12-14,20H,7-8,11H2,1-4H3,(H,25,26,27)/t20-/m0/s1. The third kappa shape index (κ3) is 4.08. The van der Waals surface area contributed by atoms with Gasteiger partial charge in [0.15, 0.2) is 0 Å². The summed E-state index contributed by atoms with van der Waals surface area (Å²) in [6, 6.07) is 11.3. The average Bonchev–Trinajstić information content (AvgIpc) is 3.22. The highest BCUT2D eigenvalue weighted by atomic mass is 16.2. The first-order valence-electron chi connectivity index (χ1n) is 10.5. The van der Waals surface area contributed by atoms with Crippen molar-refractivity contribution in [1.29, 1.82) is 0 Å². The van der Waals surface area contributed by atoms with Gasteiger partial charge in [0.1, 0.15) is 11.4 Å². The number of amides is 1. The van der Waals surface area contributed by atoms with E-state index in [1.54, 1.807) is 18.1 Å². The van der Waals surface area contributed by atoms with Crippen LogP contribution in [-0.4, -0.2) is 31.9 Å². The van der Waals surface area contributed by atoms with Crippen LogP contribution in [0.2, 0.25) is 0 Å². The van der Waals surface area contributed by atoms with Gasteiger partial charge in [-0.3, -0.25) is 14.6 Å².